The zero-order valence-corrected chi connectivity index (χ0v) is 31.5. The van der Waals surface area contributed by atoms with E-state index in [1.54, 1.807) is 0 Å². The van der Waals surface area contributed by atoms with E-state index in [2.05, 4.69) is 229 Å². The maximum atomic E-state index is 2.43. The van der Waals surface area contributed by atoms with Gasteiger partial charge in [-0.05, 0) is 92.5 Å². The molecule has 2 heteroatoms. The van der Waals surface area contributed by atoms with Crippen LogP contribution < -0.4 is 4.90 Å². The standard InChI is InChI=1S/C54H37NS/c1-3-16-38(17-4-1)41-20-15-21-42(36-41)39-30-32-43(33-31-39)55(44-34-35-51-50-27-12-14-29-53(50)56-54(51)37-44)52-28-13-11-26-49(52)48-25-10-9-24-47(48)46-23-8-7-22-45(46)40-18-5-2-6-19-40/h1-37H. The van der Waals surface area contributed by atoms with Crippen molar-refractivity contribution in [3.63, 3.8) is 0 Å². The zero-order chi connectivity index (χ0) is 37.3. The predicted octanol–water partition coefficient (Wildman–Crippen LogP) is 15.9. The normalized spacial score (nSPS) is 11.2. The van der Waals surface area contributed by atoms with E-state index in [4.69, 9.17) is 0 Å². The number of hydrogen-bond donors (Lipinski definition) is 0. The molecule has 0 unspecified atom stereocenters. The Morgan fingerprint density at radius 1 is 0.268 bits per heavy atom. The van der Waals surface area contributed by atoms with Crippen molar-refractivity contribution in [2.45, 2.75) is 0 Å². The van der Waals surface area contributed by atoms with Gasteiger partial charge in [-0.1, -0.05) is 182 Å². The van der Waals surface area contributed by atoms with Crippen LogP contribution in [-0.2, 0) is 0 Å². The molecule has 0 spiro atoms. The molecule has 0 fully saturated rings. The molecule has 10 rings (SSSR count). The molecule has 0 aliphatic carbocycles. The lowest BCUT2D eigenvalue weighted by Crippen LogP contribution is -2.11. The maximum absolute atomic E-state index is 2.43. The first-order valence-corrected chi connectivity index (χ1v) is 19.9. The number of hydrogen-bond acceptors (Lipinski definition) is 2. The van der Waals surface area contributed by atoms with Crippen LogP contribution in [0, 0.1) is 0 Å². The molecule has 0 saturated heterocycles. The minimum absolute atomic E-state index is 1.10. The first-order valence-electron chi connectivity index (χ1n) is 19.1. The third-order valence-corrected chi connectivity index (χ3v) is 11.8. The lowest BCUT2D eigenvalue weighted by Gasteiger charge is -2.29. The highest BCUT2D eigenvalue weighted by molar-refractivity contribution is 7.25. The Morgan fingerprint density at radius 3 is 1.46 bits per heavy atom. The molecular weight excluding hydrogens is 695 g/mol. The van der Waals surface area contributed by atoms with Gasteiger partial charge in [-0.15, -0.1) is 11.3 Å². The summed E-state index contributed by atoms with van der Waals surface area (Å²) in [6.45, 7) is 0. The zero-order valence-electron chi connectivity index (χ0n) is 30.7. The Morgan fingerprint density at radius 2 is 0.750 bits per heavy atom. The second-order valence-corrected chi connectivity index (χ2v) is 15.2. The molecule has 9 aromatic carbocycles. The van der Waals surface area contributed by atoms with Gasteiger partial charge in [0.1, 0.15) is 0 Å². The highest BCUT2D eigenvalue weighted by atomic mass is 32.1. The molecule has 1 aromatic heterocycles. The molecular formula is C54H37NS. The summed E-state index contributed by atoms with van der Waals surface area (Å²) in [5.74, 6) is 0. The number of para-hydroxylation sites is 1. The number of thiophene rings is 1. The average Bonchev–Trinajstić information content (AvgIpc) is 3.66. The van der Waals surface area contributed by atoms with Crippen molar-refractivity contribution in [1.82, 2.24) is 0 Å². The van der Waals surface area contributed by atoms with E-state index in [1.165, 1.54) is 75.8 Å². The molecule has 264 valence electrons. The van der Waals surface area contributed by atoms with Crippen molar-refractivity contribution in [3.8, 4) is 55.6 Å². The van der Waals surface area contributed by atoms with Gasteiger partial charge < -0.3 is 4.90 Å². The molecule has 1 heterocycles. The van der Waals surface area contributed by atoms with Crippen molar-refractivity contribution in [3.05, 3.63) is 224 Å². The Labute approximate surface area is 332 Å². The summed E-state index contributed by atoms with van der Waals surface area (Å²) in [5, 5.41) is 2.60. The van der Waals surface area contributed by atoms with Crippen molar-refractivity contribution in [2.75, 3.05) is 4.90 Å². The molecule has 0 saturated carbocycles. The fourth-order valence-electron chi connectivity index (χ4n) is 8.03. The molecule has 0 aliphatic rings. The highest BCUT2D eigenvalue weighted by Gasteiger charge is 2.21. The van der Waals surface area contributed by atoms with Crippen LogP contribution in [0.4, 0.5) is 17.1 Å². The summed E-state index contributed by atoms with van der Waals surface area (Å²) >= 11 is 1.86. The largest absolute Gasteiger partial charge is 0.310 e. The molecule has 56 heavy (non-hydrogen) atoms. The smallest absolute Gasteiger partial charge is 0.0540 e. The first-order chi connectivity index (χ1) is 27.8. The molecule has 0 aliphatic heterocycles. The van der Waals surface area contributed by atoms with Crippen molar-refractivity contribution < 1.29 is 0 Å². The van der Waals surface area contributed by atoms with Crippen molar-refractivity contribution in [2.24, 2.45) is 0 Å². The SMILES string of the molecule is c1ccc(-c2cccc(-c3ccc(N(c4ccc5c(c4)sc4ccccc45)c4ccccc4-c4ccccc4-c4ccccc4-c4ccccc4)cc3)c2)cc1. The molecule has 0 radical (unpaired) electrons. The number of anilines is 3. The Balaban J connectivity index is 1.13. The van der Waals surface area contributed by atoms with Crippen LogP contribution >= 0.6 is 11.3 Å². The Bertz CT molecular complexity index is 2960. The fraction of sp³-hybridized carbons (Fsp3) is 0. The maximum Gasteiger partial charge on any atom is 0.0540 e. The van der Waals surface area contributed by atoms with Gasteiger partial charge in [0.15, 0.2) is 0 Å². The van der Waals surface area contributed by atoms with Crippen LogP contribution in [-0.4, -0.2) is 0 Å². The van der Waals surface area contributed by atoms with Gasteiger partial charge in [-0.3, -0.25) is 0 Å². The molecule has 10 aromatic rings. The molecule has 1 nitrogen and oxygen atoms in total. The summed E-state index contributed by atoms with van der Waals surface area (Å²) in [7, 11) is 0. The van der Waals surface area contributed by atoms with Gasteiger partial charge in [0.2, 0.25) is 0 Å². The fourth-order valence-corrected chi connectivity index (χ4v) is 9.17. The minimum Gasteiger partial charge on any atom is -0.310 e. The summed E-state index contributed by atoms with van der Waals surface area (Å²) in [6, 6.07) is 81.3. The van der Waals surface area contributed by atoms with E-state index in [0.717, 1.165) is 17.1 Å². The van der Waals surface area contributed by atoms with Gasteiger partial charge in [0.25, 0.3) is 0 Å². The van der Waals surface area contributed by atoms with Crippen molar-refractivity contribution >= 4 is 48.6 Å². The summed E-state index contributed by atoms with van der Waals surface area (Å²) < 4.78 is 2.58. The van der Waals surface area contributed by atoms with E-state index in [1.807, 2.05) is 11.3 Å². The monoisotopic (exact) mass is 731 g/mol. The minimum atomic E-state index is 1.10. The van der Waals surface area contributed by atoms with Crippen LogP contribution in [0.5, 0.6) is 0 Å². The van der Waals surface area contributed by atoms with Gasteiger partial charge in [-0.25, -0.2) is 0 Å². The Kier molecular flexibility index (Phi) is 8.79. The average molecular weight is 732 g/mol. The Hall–Kier alpha value is -7.00. The highest BCUT2D eigenvalue weighted by Crippen LogP contribution is 2.47. The quantitative estimate of drug-likeness (QED) is 0.150. The van der Waals surface area contributed by atoms with Crippen molar-refractivity contribution in [1.29, 1.82) is 0 Å². The molecule has 0 amide bonds. The van der Waals surface area contributed by atoms with Gasteiger partial charge in [0, 0.05) is 37.1 Å². The number of fused-ring (bicyclic) bond motifs is 3. The second kappa shape index (κ2) is 14.7. The number of rotatable bonds is 8. The topological polar surface area (TPSA) is 3.24 Å². The molecule has 0 atom stereocenters. The van der Waals surface area contributed by atoms with E-state index in [9.17, 15) is 0 Å². The third kappa shape index (κ3) is 6.26. The second-order valence-electron chi connectivity index (χ2n) is 14.1. The van der Waals surface area contributed by atoms with E-state index >= 15 is 0 Å². The summed E-state index contributed by atoms with van der Waals surface area (Å²) in [6.07, 6.45) is 0. The van der Waals surface area contributed by atoms with Crippen LogP contribution in [0.2, 0.25) is 0 Å². The number of benzene rings is 9. The van der Waals surface area contributed by atoms with Gasteiger partial charge >= 0.3 is 0 Å². The van der Waals surface area contributed by atoms with Crippen LogP contribution in [0.25, 0.3) is 75.8 Å². The number of nitrogens with zero attached hydrogens (tertiary/aromatic N) is 1. The first kappa shape index (κ1) is 33.6. The molecule has 0 N–H and O–H groups in total. The van der Waals surface area contributed by atoms with Gasteiger partial charge in [-0.2, -0.15) is 0 Å². The summed E-state index contributed by atoms with van der Waals surface area (Å²) in [5.41, 5.74) is 15.4. The van der Waals surface area contributed by atoms with Gasteiger partial charge in [0.05, 0.1) is 5.69 Å². The van der Waals surface area contributed by atoms with E-state index < -0.39 is 0 Å². The third-order valence-electron chi connectivity index (χ3n) is 10.7. The molecule has 0 bridgehead atoms. The van der Waals surface area contributed by atoms with Crippen LogP contribution in [0.1, 0.15) is 0 Å². The van der Waals surface area contributed by atoms with E-state index in [0.29, 0.717) is 0 Å². The van der Waals surface area contributed by atoms with Crippen LogP contribution in [0.15, 0.2) is 224 Å². The predicted molar refractivity (Wildman–Crippen MR) is 241 cm³/mol. The lowest BCUT2D eigenvalue weighted by atomic mass is 9.88. The van der Waals surface area contributed by atoms with Crippen LogP contribution in [0.3, 0.4) is 0 Å². The van der Waals surface area contributed by atoms with E-state index in [-0.39, 0.29) is 0 Å². The summed E-state index contributed by atoms with van der Waals surface area (Å²) in [4.78, 5) is 2.43. The lowest BCUT2D eigenvalue weighted by molar-refractivity contribution is 1.29.